The van der Waals surface area contributed by atoms with Crippen LogP contribution in [0.2, 0.25) is 0 Å². The van der Waals surface area contributed by atoms with Gasteiger partial charge in [0.1, 0.15) is 0 Å². The fraction of sp³-hybridized carbons (Fsp3) is 0.977. The number of carbonyl (C=O) groups excluding carboxylic acids is 1. The molecule has 276 valence electrons. The third-order valence-electron chi connectivity index (χ3n) is 10.2. The van der Waals surface area contributed by atoms with Gasteiger partial charge >= 0.3 is 5.97 Å². The second kappa shape index (κ2) is 40.6. The Kier molecular flexibility index (Phi) is 40.2. The number of rotatable bonds is 40. The van der Waals surface area contributed by atoms with Crippen molar-refractivity contribution in [2.24, 2.45) is 5.92 Å². The number of unbranched alkanes of at least 4 members (excludes halogenated alkanes) is 34. The third-order valence-corrected chi connectivity index (χ3v) is 10.2. The lowest BCUT2D eigenvalue weighted by molar-refractivity contribution is -0.143. The van der Waals surface area contributed by atoms with Crippen molar-refractivity contribution in [2.75, 3.05) is 6.61 Å². The summed E-state index contributed by atoms with van der Waals surface area (Å²) in [6.45, 7) is 7.60. The molecule has 0 heterocycles. The molecule has 0 saturated heterocycles. The van der Waals surface area contributed by atoms with Crippen LogP contribution >= 0.6 is 0 Å². The smallest absolute Gasteiger partial charge is 0.305 e. The summed E-state index contributed by atoms with van der Waals surface area (Å²) >= 11 is 0. The predicted octanol–water partition coefficient (Wildman–Crippen LogP) is 16.0. The third kappa shape index (κ3) is 41.5. The normalized spacial score (nSPS) is 11.6. The first-order valence-electron chi connectivity index (χ1n) is 21.8. The van der Waals surface area contributed by atoms with Crippen molar-refractivity contribution in [1.82, 2.24) is 0 Å². The van der Waals surface area contributed by atoms with Gasteiger partial charge in [0.05, 0.1) is 6.61 Å². The average Bonchev–Trinajstić information content (AvgIpc) is 3.04. The van der Waals surface area contributed by atoms with Gasteiger partial charge in [-0.1, -0.05) is 245 Å². The molecule has 0 fully saturated rings. The summed E-state index contributed by atoms with van der Waals surface area (Å²) in [5, 5.41) is 0. The minimum absolute atomic E-state index is 0.0309. The van der Waals surface area contributed by atoms with E-state index in [2.05, 4.69) is 20.8 Å². The van der Waals surface area contributed by atoms with E-state index in [1.54, 1.807) is 0 Å². The summed E-state index contributed by atoms with van der Waals surface area (Å²) in [7, 11) is 0. The summed E-state index contributed by atoms with van der Waals surface area (Å²) in [5.41, 5.74) is 0. The Balaban J connectivity index is 3.14. The van der Waals surface area contributed by atoms with Crippen LogP contribution in [0.1, 0.15) is 265 Å². The molecule has 0 bridgehead atoms. The average molecular weight is 649 g/mol. The Bertz CT molecular complexity index is 556. The van der Waals surface area contributed by atoms with Crippen LogP contribution < -0.4 is 0 Å². The SMILES string of the molecule is CCCCCCCCCCCCCCCCCCCCCCCCCC(=O)OCCCCCCCCCCCCCCCC(C)C. The second-order valence-electron chi connectivity index (χ2n) is 15.5. The summed E-state index contributed by atoms with van der Waals surface area (Å²) in [4.78, 5) is 12.0. The van der Waals surface area contributed by atoms with Gasteiger partial charge in [-0.15, -0.1) is 0 Å². The zero-order chi connectivity index (χ0) is 33.4. The van der Waals surface area contributed by atoms with E-state index in [9.17, 15) is 4.79 Å². The van der Waals surface area contributed by atoms with E-state index in [1.165, 1.54) is 225 Å². The molecule has 0 aromatic heterocycles. The maximum absolute atomic E-state index is 12.0. The van der Waals surface area contributed by atoms with Gasteiger partial charge in [0.15, 0.2) is 0 Å². The van der Waals surface area contributed by atoms with Crippen LogP contribution in [-0.4, -0.2) is 12.6 Å². The van der Waals surface area contributed by atoms with E-state index in [0.717, 1.165) is 18.8 Å². The first-order valence-corrected chi connectivity index (χ1v) is 21.8. The molecule has 0 saturated carbocycles. The molecule has 0 spiro atoms. The van der Waals surface area contributed by atoms with Gasteiger partial charge in [0.25, 0.3) is 0 Å². The van der Waals surface area contributed by atoms with Gasteiger partial charge in [-0.3, -0.25) is 4.79 Å². The van der Waals surface area contributed by atoms with Crippen LogP contribution in [0, 0.1) is 5.92 Å². The number of hydrogen-bond acceptors (Lipinski definition) is 2. The summed E-state index contributed by atoms with van der Waals surface area (Å²) < 4.78 is 5.47. The molecule has 2 heteroatoms. The summed E-state index contributed by atoms with van der Waals surface area (Å²) in [5.74, 6) is 0.904. The van der Waals surface area contributed by atoms with Crippen molar-refractivity contribution < 1.29 is 9.53 Å². The number of esters is 1. The van der Waals surface area contributed by atoms with Crippen LogP contribution in [0.4, 0.5) is 0 Å². The van der Waals surface area contributed by atoms with Crippen LogP contribution in [0.15, 0.2) is 0 Å². The molecule has 0 atom stereocenters. The molecule has 0 rings (SSSR count). The van der Waals surface area contributed by atoms with Crippen LogP contribution in [-0.2, 0) is 9.53 Å². The molecule has 0 aliphatic heterocycles. The molecule has 46 heavy (non-hydrogen) atoms. The molecule has 0 aliphatic rings. The molecular formula is C44H88O2. The van der Waals surface area contributed by atoms with Gasteiger partial charge in [0.2, 0.25) is 0 Å². The molecule has 2 nitrogen and oxygen atoms in total. The van der Waals surface area contributed by atoms with Crippen LogP contribution in [0.5, 0.6) is 0 Å². The van der Waals surface area contributed by atoms with E-state index in [0.29, 0.717) is 13.0 Å². The Morgan fingerprint density at radius 1 is 0.370 bits per heavy atom. The maximum atomic E-state index is 12.0. The van der Waals surface area contributed by atoms with E-state index >= 15 is 0 Å². The van der Waals surface area contributed by atoms with Crippen molar-refractivity contribution in [3.8, 4) is 0 Å². The lowest BCUT2D eigenvalue weighted by atomic mass is 10.0. The van der Waals surface area contributed by atoms with Crippen molar-refractivity contribution in [3.05, 3.63) is 0 Å². The van der Waals surface area contributed by atoms with E-state index in [1.807, 2.05) is 0 Å². The van der Waals surface area contributed by atoms with Crippen molar-refractivity contribution in [3.63, 3.8) is 0 Å². The highest BCUT2D eigenvalue weighted by Gasteiger charge is 2.03. The van der Waals surface area contributed by atoms with Crippen molar-refractivity contribution in [2.45, 2.75) is 265 Å². The van der Waals surface area contributed by atoms with Gasteiger partial charge in [0, 0.05) is 6.42 Å². The highest BCUT2D eigenvalue weighted by molar-refractivity contribution is 5.69. The van der Waals surface area contributed by atoms with Gasteiger partial charge < -0.3 is 4.74 Å². The first-order chi connectivity index (χ1) is 22.7. The van der Waals surface area contributed by atoms with Crippen LogP contribution in [0.25, 0.3) is 0 Å². The highest BCUT2D eigenvalue weighted by atomic mass is 16.5. The summed E-state index contributed by atoms with van der Waals surface area (Å²) in [6.07, 6.45) is 52.0. The largest absolute Gasteiger partial charge is 0.466 e. The molecule has 0 unspecified atom stereocenters. The zero-order valence-corrected chi connectivity index (χ0v) is 32.5. The Hall–Kier alpha value is -0.530. The standard InChI is InChI=1S/C44H88O2/c1-4-5-6-7-8-9-10-11-12-13-14-15-16-17-18-19-20-23-26-29-32-35-38-41-44(45)46-42-39-36-33-30-27-24-21-22-25-28-31-34-37-40-43(2)3/h43H,4-42H2,1-3H3. The quantitative estimate of drug-likeness (QED) is 0.0488. The van der Waals surface area contributed by atoms with E-state index < -0.39 is 0 Å². The molecule has 0 aromatic carbocycles. The monoisotopic (exact) mass is 649 g/mol. The van der Waals surface area contributed by atoms with E-state index in [-0.39, 0.29) is 5.97 Å². The highest BCUT2D eigenvalue weighted by Crippen LogP contribution is 2.17. The fourth-order valence-electron chi connectivity index (χ4n) is 6.91. The van der Waals surface area contributed by atoms with Crippen molar-refractivity contribution >= 4 is 5.97 Å². The minimum Gasteiger partial charge on any atom is -0.466 e. The maximum Gasteiger partial charge on any atom is 0.305 e. The number of carbonyl (C=O) groups is 1. The van der Waals surface area contributed by atoms with Crippen LogP contribution in [0.3, 0.4) is 0 Å². The Morgan fingerprint density at radius 3 is 0.935 bits per heavy atom. The fourth-order valence-corrected chi connectivity index (χ4v) is 6.91. The summed E-state index contributed by atoms with van der Waals surface area (Å²) in [6, 6.07) is 0. The molecule has 0 radical (unpaired) electrons. The second-order valence-corrected chi connectivity index (χ2v) is 15.5. The predicted molar refractivity (Wildman–Crippen MR) is 207 cm³/mol. The number of ether oxygens (including phenoxy) is 1. The lowest BCUT2D eigenvalue weighted by Crippen LogP contribution is -2.05. The van der Waals surface area contributed by atoms with E-state index in [4.69, 9.17) is 4.74 Å². The molecule has 0 N–H and O–H groups in total. The topological polar surface area (TPSA) is 26.3 Å². The molecule has 0 aromatic rings. The molecule has 0 amide bonds. The van der Waals surface area contributed by atoms with Gasteiger partial charge in [-0.05, 0) is 18.8 Å². The zero-order valence-electron chi connectivity index (χ0n) is 32.5. The molecular weight excluding hydrogens is 560 g/mol. The Morgan fingerprint density at radius 2 is 0.630 bits per heavy atom. The Labute approximate surface area is 292 Å². The van der Waals surface area contributed by atoms with Gasteiger partial charge in [-0.2, -0.15) is 0 Å². The van der Waals surface area contributed by atoms with Crippen molar-refractivity contribution in [1.29, 1.82) is 0 Å². The molecule has 0 aliphatic carbocycles. The first kappa shape index (κ1) is 45.5. The number of hydrogen-bond donors (Lipinski definition) is 0. The van der Waals surface area contributed by atoms with Gasteiger partial charge in [-0.25, -0.2) is 0 Å². The lowest BCUT2D eigenvalue weighted by Gasteiger charge is -2.06. The minimum atomic E-state index is 0.0309.